The molecule has 1 heterocycles. The van der Waals surface area contributed by atoms with Crippen molar-refractivity contribution in [1.29, 1.82) is 0 Å². The predicted molar refractivity (Wildman–Crippen MR) is 79.4 cm³/mol. The number of rotatable bonds is 6. The van der Waals surface area contributed by atoms with Crippen LogP contribution in [0.3, 0.4) is 0 Å². The summed E-state index contributed by atoms with van der Waals surface area (Å²) in [5.74, 6) is -0.630. The number of aromatic nitrogens is 1. The van der Waals surface area contributed by atoms with Gasteiger partial charge in [0.15, 0.2) is 0 Å². The zero-order valence-electron chi connectivity index (χ0n) is 11.9. The van der Waals surface area contributed by atoms with Crippen LogP contribution in [0.5, 0.6) is 0 Å². The van der Waals surface area contributed by atoms with Gasteiger partial charge in [-0.1, -0.05) is 12.1 Å². The van der Waals surface area contributed by atoms with Gasteiger partial charge in [-0.05, 0) is 36.2 Å². The first-order valence-corrected chi connectivity index (χ1v) is 6.81. The Morgan fingerprint density at radius 1 is 1.29 bits per heavy atom. The third-order valence-electron chi connectivity index (χ3n) is 3.07. The lowest BCUT2D eigenvalue weighted by Gasteiger charge is -2.07. The Bertz CT molecular complexity index is 602. The second-order valence-electron chi connectivity index (χ2n) is 4.76. The van der Waals surface area contributed by atoms with Crippen molar-refractivity contribution < 1.29 is 9.18 Å². The second-order valence-corrected chi connectivity index (χ2v) is 4.76. The molecule has 1 aromatic heterocycles. The summed E-state index contributed by atoms with van der Waals surface area (Å²) in [6.07, 6.45) is 3.52. The van der Waals surface area contributed by atoms with Gasteiger partial charge < -0.3 is 10.6 Å². The molecule has 0 aliphatic carbocycles. The van der Waals surface area contributed by atoms with Crippen molar-refractivity contribution in [2.75, 3.05) is 13.1 Å². The zero-order valence-corrected chi connectivity index (χ0v) is 11.9. The molecule has 2 aromatic rings. The van der Waals surface area contributed by atoms with Crippen LogP contribution in [0.4, 0.5) is 4.39 Å². The van der Waals surface area contributed by atoms with Crippen LogP contribution < -0.4 is 10.6 Å². The summed E-state index contributed by atoms with van der Waals surface area (Å²) < 4.78 is 13.4. The lowest BCUT2D eigenvalue weighted by molar-refractivity contribution is 0.0953. The van der Waals surface area contributed by atoms with E-state index in [1.54, 1.807) is 31.5 Å². The Hall–Kier alpha value is -2.27. The highest BCUT2D eigenvalue weighted by atomic mass is 19.1. The van der Waals surface area contributed by atoms with Gasteiger partial charge in [0, 0.05) is 37.6 Å². The van der Waals surface area contributed by atoms with Gasteiger partial charge in [-0.3, -0.25) is 9.78 Å². The van der Waals surface area contributed by atoms with Crippen molar-refractivity contribution in [2.24, 2.45) is 0 Å². The van der Waals surface area contributed by atoms with Crippen molar-refractivity contribution in [3.63, 3.8) is 0 Å². The van der Waals surface area contributed by atoms with Crippen molar-refractivity contribution in [3.8, 4) is 0 Å². The fourth-order valence-corrected chi connectivity index (χ4v) is 1.84. The molecule has 21 heavy (non-hydrogen) atoms. The first-order chi connectivity index (χ1) is 10.2. The van der Waals surface area contributed by atoms with Gasteiger partial charge in [0.25, 0.3) is 5.91 Å². The molecule has 0 unspecified atom stereocenters. The minimum Gasteiger partial charge on any atom is -0.351 e. The van der Waals surface area contributed by atoms with E-state index in [0.717, 1.165) is 5.56 Å². The molecule has 1 aromatic carbocycles. The quantitative estimate of drug-likeness (QED) is 0.800. The fraction of sp³-hybridized carbons (Fsp3) is 0.250. The van der Waals surface area contributed by atoms with Crippen LogP contribution in [0, 0.1) is 12.7 Å². The average Bonchev–Trinajstić information content (AvgIpc) is 2.50. The lowest BCUT2D eigenvalue weighted by atomic mass is 10.1. The minimum absolute atomic E-state index is 0.267. The highest BCUT2D eigenvalue weighted by Gasteiger charge is 2.07. The molecule has 0 aliphatic heterocycles. The molecule has 5 heteroatoms. The third kappa shape index (κ3) is 4.65. The summed E-state index contributed by atoms with van der Waals surface area (Å²) >= 11 is 0. The second kappa shape index (κ2) is 7.50. The summed E-state index contributed by atoms with van der Waals surface area (Å²) in [5, 5.41) is 5.95. The van der Waals surface area contributed by atoms with E-state index in [1.165, 1.54) is 6.07 Å². The standard InChI is InChI=1S/C16H18FN3O/c1-12-4-5-14(9-15(12)17)16(21)20-8-7-19-11-13-3-2-6-18-10-13/h2-6,9-10,19H,7-8,11H2,1H3,(H,20,21). The van der Waals surface area contributed by atoms with Crippen molar-refractivity contribution in [1.82, 2.24) is 15.6 Å². The van der Waals surface area contributed by atoms with Crippen LogP contribution in [0.15, 0.2) is 42.7 Å². The van der Waals surface area contributed by atoms with Crippen LogP contribution in [0.2, 0.25) is 0 Å². The number of aryl methyl sites for hydroxylation is 1. The van der Waals surface area contributed by atoms with E-state index in [9.17, 15) is 9.18 Å². The molecule has 0 atom stereocenters. The van der Waals surface area contributed by atoms with E-state index < -0.39 is 0 Å². The summed E-state index contributed by atoms with van der Waals surface area (Å²) in [6, 6.07) is 8.34. The summed E-state index contributed by atoms with van der Waals surface area (Å²) in [6.45, 7) is 3.48. The molecule has 4 nitrogen and oxygen atoms in total. The average molecular weight is 287 g/mol. The van der Waals surface area contributed by atoms with Gasteiger partial charge in [0.05, 0.1) is 0 Å². The van der Waals surface area contributed by atoms with E-state index >= 15 is 0 Å². The molecule has 110 valence electrons. The van der Waals surface area contributed by atoms with Crippen molar-refractivity contribution >= 4 is 5.91 Å². The normalized spacial score (nSPS) is 10.4. The van der Waals surface area contributed by atoms with E-state index in [-0.39, 0.29) is 11.7 Å². The predicted octanol–water partition coefficient (Wildman–Crippen LogP) is 2.05. The molecule has 0 fully saturated rings. The Kier molecular flexibility index (Phi) is 5.40. The maximum atomic E-state index is 13.4. The Morgan fingerprint density at radius 2 is 2.14 bits per heavy atom. The van der Waals surface area contributed by atoms with Crippen molar-refractivity contribution in [3.05, 3.63) is 65.2 Å². The molecular formula is C16H18FN3O. The van der Waals surface area contributed by atoms with E-state index in [2.05, 4.69) is 15.6 Å². The van der Waals surface area contributed by atoms with Crippen LogP contribution in [-0.2, 0) is 6.54 Å². The summed E-state index contributed by atoms with van der Waals surface area (Å²) in [4.78, 5) is 15.8. The number of halogens is 1. The SMILES string of the molecule is Cc1ccc(C(=O)NCCNCc2cccnc2)cc1F. The maximum Gasteiger partial charge on any atom is 0.251 e. The Morgan fingerprint density at radius 3 is 2.86 bits per heavy atom. The molecule has 0 saturated heterocycles. The zero-order chi connectivity index (χ0) is 15.1. The third-order valence-corrected chi connectivity index (χ3v) is 3.07. The summed E-state index contributed by atoms with van der Waals surface area (Å²) in [7, 11) is 0. The topological polar surface area (TPSA) is 54.0 Å². The van der Waals surface area contributed by atoms with Gasteiger partial charge >= 0.3 is 0 Å². The number of nitrogens with one attached hydrogen (secondary N) is 2. The molecule has 0 saturated carbocycles. The van der Waals surface area contributed by atoms with Gasteiger partial charge in [0.1, 0.15) is 5.82 Å². The smallest absolute Gasteiger partial charge is 0.251 e. The van der Waals surface area contributed by atoms with Crippen LogP contribution in [0.25, 0.3) is 0 Å². The number of carbonyl (C=O) groups is 1. The van der Waals surface area contributed by atoms with Crippen LogP contribution in [0.1, 0.15) is 21.5 Å². The van der Waals surface area contributed by atoms with Gasteiger partial charge in [-0.25, -0.2) is 4.39 Å². The monoisotopic (exact) mass is 287 g/mol. The number of amides is 1. The summed E-state index contributed by atoms with van der Waals surface area (Å²) in [5.41, 5.74) is 1.96. The number of hydrogen-bond acceptors (Lipinski definition) is 3. The fourth-order valence-electron chi connectivity index (χ4n) is 1.84. The molecule has 0 bridgehead atoms. The maximum absolute atomic E-state index is 13.4. The number of hydrogen-bond donors (Lipinski definition) is 2. The molecule has 0 aliphatic rings. The minimum atomic E-state index is -0.364. The van der Waals surface area contributed by atoms with Crippen LogP contribution in [-0.4, -0.2) is 24.0 Å². The van der Waals surface area contributed by atoms with Gasteiger partial charge in [0.2, 0.25) is 0 Å². The first kappa shape index (κ1) is 15.1. The largest absolute Gasteiger partial charge is 0.351 e. The number of benzene rings is 1. The van der Waals surface area contributed by atoms with Gasteiger partial charge in [-0.2, -0.15) is 0 Å². The van der Waals surface area contributed by atoms with E-state index in [4.69, 9.17) is 0 Å². The molecule has 2 N–H and O–H groups in total. The first-order valence-electron chi connectivity index (χ1n) is 6.81. The highest BCUT2D eigenvalue weighted by Crippen LogP contribution is 2.08. The Balaban J connectivity index is 1.71. The molecule has 0 radical (unpaired) electrons. The molecule has 0 spiro atoms. The number of pyridine rings is 1. The molecule has 2 rings (SSSR count). The Labute approximate surface area is 123 Å². The van der Waals surface area contributed by atoms with Gasteiger partial charge in [-0.15, -0.1) is 0 Å². The van der Waals surface area contributed by atoms with Crippen molar-refractivity contribution in [2.45, 2.75) is 13.5 Å². The van der Waals surface area contributed by atoms with E-state index in [0.29, 0.717) is 30.8 Å². The van der Waals surface area contributed by atoms with Crippen LogP contribution >= 0.6 is 0 Å². The molecule has 1 amide bonds. The lowest BCUT2D eigenvalue weighted by Crippen LogP contribution is -2.31. The van der Waals surface area contributed by atoms with E-state index in [1.807, 2.05) is 12.1 Å². The number of nitrogens with zero attached hydrogens (tertiary/aromatic N) is 1. The number of carbonyl (C=O) groups excluding carboxylic acids is 1. The highest BCUT2D eigenvalue weighted by molar-refractivity contribution is 5.94. The molecular weight excluding hydrogens is 269 g/mol.